The van der Waals surface area contributed by atoms with Crippen LogP contribution >= 0.6 is 7.82 Å². The number of aliphatic hydroxyl groups excluding tert-OH is 3. The molecule has 0 heterocycles. The molecule has 0 fully saturated rings. The van der Waals surface area contributed by atoms with E-state index in [0.717, 1.165) is 0 Å². The Balaban J connectivity index is 0. The largest absolute Gasteiger partial charge is 1.00 e. The van der Waals surface area contributed by atoms with Crippen LogP contribution in [0.5, 0.6) is 0 Å². The zero-order valence-electron chi connectivity index (χ0n) is 7.07. The molecule has 0 amide bonds. The topological polar surface area (TPSA) is 127 Å². The van der Waals surface area contributed by atoms with Crippen molar-refractivity contribution in [3.63, 3.8) is 0 Å². The number of phosphoric ester groups is 1. The van der Waals surface area contributed by atoms with E-state index in [4.69, 9.17) is 25.1 Å². The first-order valence-electron chi connectivity index (χ1n) is 3.04. The van der Waals surface area contributed by atoms with Crippen molar-refractivity contribution in [2.45, 2.75) is 12.2 Å². The molecule has 13 heavy (non-hydrogen) atoms. The van der Waals surface area contributed by atoms with Crippen molar-refractivity contribution in [3.8, 4) is 0 Å². The van der Waals surface area contributed by atoms with Gasteiger partial charge in [-0.2, -0.15) is 0 Å². The van der Waals surface area contributed by atoms with Crippen molar-refractivity contribution in [1.29, 1.82) is 0 Å². The van der Waals surface area contributed by atoms with Gasteiger partial charge in [0.1, 0.15) is 12.2 Å². The molecule has 0 radical (unpaired) electrons. The van der Waals surface area contributed by atoms with Gasteiger partial charge in [0.05, 0.1) is 13.2 Å². The van der Waals surface area contributed by atoms with Gasteiger partial charge in [0.2, 0.25) is 0 Å². The molecule has 0 aromatic rings. The van der Waals surface area contributed by atoms with E-state index in [2.05, 4.69) is 4.52 Å². The van der Waals surface area contributed by atoms with Crippen molar-refractivity contribution in [2.75, 3.05) is 13.2 Å². The van der Waals surface area contributed by atoms with Gasteiger partial charge in [0, 0.05) is 0 Å². The van der Waals surface area contributed by atoms with Crippen LogP contribution in [0.3, 0.4) is 0 Å². The molecule has 0 aliphatic carbocycles. The Kier molecular flexibility index (Phi) is 8.58. The third kappa shape index (κ3) is 8.91. The number of aliphatic hydroxyl groups is 3. The van der Waals surface area contributed by atoms with Gasteiger partial charge >= 0.3 is 26.7 Å². The maximum absolute atomic E-state index is 10.1. The first-order chi connectivity index (χ1) is 5.37. The Labute approximate surface area is 86.8 Å². The molecule has 7 nitrogen and oxygen atoms in total. The number of hydrogen-bond donors (Lipinski definition) is 5. The average Bonchev–Trinajstić information content (AvgIpc) is 1.97. The summed E-state index contributed by atoms with van der Waals surface area (Å²) >= 11 is 0. The molecule has 9 heteroatoms. The SMILES string of the molecule is O=P(O)(O)OC[C@H](O)[C@H](O)CO.[Li+]. The van der Waals surface area contributed by atoms with Crippen LogP contribution in [0.25, 0.3) is 0 Å². The number of phosphoric acid groups is 1. The predicted octanol–water partition coefficient (Wildman–Crippen LogP) is -5.19. The molecule has 74 valence electrons. The molecule has 5 N–H and O–H groups in total. The van der Waals surface area contributed by atoms with Crippen molar-refractivity contribution in [3.05, 3.63) is 0 Å². The van der Waals surface area contributed by atoms with E-state index in [1.807, 2.05) is 0 Å². The summed E-state index contributed by atoms with van der Waals surface area (Å²) in [6.07, 6.45) is -2.97. The summed E-state index contributed by atoms with van der Waals surface area (Å²) in [7, 11) is -4.62. The third-order valence-electron chi connectivity index (χ3n) is 1.04. The Bertz CT molecular complexity index is 170. The van der Waals surface area contributed by atoms with Crippen molar-refractivity contribution in [2.24, 2.45) is 0 Å². The zero-order valence-corrected chi connectivity index (χ0v) is 7.96. The zero-order chi connectivity index (χ0) is 9.78. The molecule has 0 aliphatic heterocycles. The summed E-state index contributed by atoms with van der Waals surface area (Å²) in [5.74, 6) is 0. The maximum Gasteiger partial charge on any atom is 1.00 e. The quantitative estimate of drug-likeness (QED) is 0.226. The minimum absolute atomic E-state index is 0. The Morgan fingerprint density at radius 1 is 1.23 bits per heavy atom. The molecule has 0 aromatic heterocycles. The van der Waals surface area contributed by atoms with Crippen LogP contribution in [0.4, 0.5) is 0 Å². The van der Waals surface area contributed by atoms with E-state index in [1.54, 1.807) is 0 Å². The van der Waals surface area contributed by atoms with Gasteiger partial charge in [-0.15, -0.1) is 0 Å². The van der Waals surface area contributed by atoms with Gasteiger partial charge in [-0.1, -0.05) is 0 Å². The summed E-state index contributed by atoms with van der Waals surface area (Å²) in [5.41, 5.74) is 0. The van der Waals surface area contributed by atoms with Crippen LogP contribution in [-0.2, 0) is 9.09 Å². The van der Waals surface area contributed by atoms with E-state index in [-0.39, 0.29) is 18.9 Å². The minimum Gasteiger partial charge on any atom is -0.394 e. The number of hydrogen-bond acceptors (Lipinski definition) is 5. The summed E-state index contributed by atoms with van der Waals surface area (Å²) in [6.45, 7) is -1.43. The Hall–Kier alpha value is 0.587. The van der Waals surface area contributed by atoms with Crippen LogP contribution in [0, 0.1) is 0 Å². The smallest absolute Gasteiger partial charge is 0.394 e. The van der Waals surface area contributed by atoms with Gasteiger partial charge < -0.3 is 25.1 Å². The van der Waals surface area contributed by atoms with E-state index in [1.165, 1.54) is 0 Å². The molecule has 0 aromatic carbocycles. The fourth-order valence-corrected chi connectivity index (χ4v) is 0.753. The molecule has 0 spiro atoms. The van der Waals surface area contributed by atoms with Crippen molar-refractivity contribution < 1.29 is 53.1 Å². The molecule has 2 atom stereocenters. The molecule has 0 bridgehead atoms. The van der Waals surface area contributed by atoms with Crippen molar-refractivity contribution in [1.82, 2.24) is 0 Å². The van der Waals surface area contributed by atoms with E-state index < -0.39 is 33.2 Å². The van der Waals surface area contributed by atoms with Gasteiger partial charge in [-0.3, -0.25) is 4.52 Å². The summed E-state index contributed by atoms with van der Waals surface area (Å²) in [5, 5.41) is 25.8. The molecular weight excluding hydrogens is 198 g/mol. The van der Waals surface area contributed by atoms with Crippen LogP contribution in [-0.4, -0.2) is 50.5 Å². The molecule has 0 saturated heterocycles. The van der Waals surface area contributed by atoms with Gasteiger partial charge in [-0.05, 0) is 0 Å². The monoisotopic (exact) mass is 209 g/mol. The van der Waals surface area contributed by atoms with E-state index >= 15 is 0 Å². The second-order valence-corrected chi connectivity index (χ2v) is 3.34. The Morgan fingerprint density at radius 2 is 1.69 bits per heavy atom. The van der Waals surface area contributed by atoms with E-state index in [9.17, 15) is 4.57 Å². The average molecular weight is 209 g/mol. The fraction of sp³-hybridized carbons (Fsp3) is 1.00. The fourth-order valence-electron chi connectivity index (χ4n) is 0.406. The van der Waals surface area contributed by atoms with Gasteiger partial charge in [-0.25, -0.2) is 4.57 Å². The number of rotatable bonds is 5. The first-order valence-corrected chi connectivity index (χ1v) is 4.57. The Morgan fingerprint density at radius 3 is 2.00 bits per heavy atom. The second kappa shape index (κ2) is 6.96. The van der Waals surface area contributed by atoms with Crippen LogP contribution in [0.2, 0.25) is 0 Å². The molecule has 0 aliphatic rings. The maximum atomic E-state index is 10.1. The molecular formula is C4H11LiO7P+. The van der Waals surface area contributed by atoms with Crippen LogP contribution in [0.1, 0.15) is 0 Å². The molecule has 0 unspecified atom stereocenters. The molecule has 0 rings (SSSR count). The normalized spacial score (nSPS) is 16.1. The second-order valence-electron chi connectivity index (χ2n) is 2.10. The third-order valence-corrected chi connectivity index (χ3v) is 1.53. The summed E-state index contributed by atoms with van der Waals surface area (Å²) in [6, 6.07) is 0. The van der Waals surface area contributed by atoms with Gasteiger partial charge in [0.25, 0.3) is 0 Å². The standard InChI is InChI=1S/C4H11O7P.Li/c5-1-3(6)4(7)2-11-12(8,9)10;/h3-7H,1-2H2,(H2,8,9,10);/q;+1/t3-,4+;/m1./s1. The van der Waals surface area contributed by atoms with E-state index in [0.29, 0.717) is 0 Å². The van der Waals surface area contributed by atoms with Crippen LogP contribution < -0.4 is 18.9 Å². The predicted molar refractivity (Wildman–Crippen MR) is 37.1 cm³/mol. The summed E-state index contributed by atoms with van der Waals surface area (Å²) < 4.78 is 13.9. The molecule has 0 saturated carbocycles. The van der Waals surface area contributed by atoms with Crippen LogP contribution in [0.15, 0.2) is 0 Å². The summed E-state index contributed by atoms with van der Waals surface area (Å²) in [4.78, 5) is 16.3. The first kappa shape index (κ1) is 16.0. The van der Waals surface area contributed by atoms with Gasteiger partial charge in [0.15, 0.2) is 0 Å². The minimum atomic E-state index is -4.62. The van der Waals surface area contributed by atoms with Crippen molar-refractivity contribution >= 4 is 7.82 Å².